The van der Waals surface area contributed by atoms with Gasteiger partial charge in [0, 0.05) is 13.0 Å². The van der Waals surface area contributed by atoms with Gasteiger partial charge < -0.3 is 10.5 Å². The monoisotopic (exact) mass is 129 g/mol. The van der Waals surface area contributed by atoms with Gasteiger partial charge in [0.15, 0.2) is 0 Å². The van der Waals surface area contributed by atoms with E-state index in [0.717, 1.165) is 19.4 Å². The van der Waals surface area contributed by atoms with Crippen molar-refractivity contribution in [2.24, 2.45) is 5.73 Å². The van der Waals surface area contributed by atoms with Crippen molar-refractivity contribution in [3.05, 3.63) is 12.7 Å². The third-order valence-electron chi connectivity index (χ3n) is 0.935. The number of ether oxygens (including phenoxy) is 1. The Morgan fingerprint density at radius 3 is 2.89 bits per heavy atom. The summed E-state index contributed by atoms with van der Waals surface area (Å²) in [5.74, 6) is 0. The fraction of sp³-hybridized carbons (Fsp3) is 0.714. The molecule has 0 aliphatic heterocycles. The van der Waals surface area contributed by atoms with Crippen molar-refractivity contribution in [3.8, 4) is 0 Å². The zero-order valence-corrected chi connectivity index (χ0v) is 5.97. The van der Waals surface area contributed by atoms with Crippen molar-refractivity contribution in [1.82, 2.24) is 0 Å². The third kappa shape index (κ3) is 5.53. The van der Waals surface area contributed by atoms with Gasteiger partial charge in [-0.3, -0.25) is 0 Å². The highest BCUT2D eigenvalue weighted by molar-refractivity contribution is 4.69. The highest BCUT2D eigenvalue weighted by Crippen LogP contribution is 1.91. The second kappa shape index (κ2) is 5.79. The maximum atomic E-state index is 5.48. The number of nitrogens with two attached hydrogens (primary N) is 1. The van der Waals surface area contributed by atoms with Crippen molar-refractivity contribution in [2.75, 3.05) is 6.61 Å². The lowest BCUT2D eigenvalue weighted by atomic mass is 10.4. The zero-order chi connectivity index (χ0) is 7.11. The fourth-order valence-electron chi connectivity index (χ4n) is 0.502. The average Bonchev–Trinajstić information content (AvgIpc) is 1.85. The van der Waals surface area contributed by atoms with Crippen LogP contribution in [0.4, 0.5) is 0 Å². The molecule has 0 aliphatic rings. The van der Waals surface area contributed by atoms with Crippen molar-refractivity contribution in [3.63, 3.8) is 0 Å². The molecule has 0 radical (unpaired) electrons. The summed E-state index contributed by atoms with van der Waals surface area (Å²) in [7, 11) is 0. The van der Waals surface area contributed by atoms with Crippen LogP contribution in [0, 0.1) is 0 Å². The van der Waals surface area contributed by atoms with Crippen molar-refractivity contribution < 1.29 is 4.74 Å². The van der Waals surface area contributed by atoms with E-state index in [0.29, 0.717) is 0 Å². The van der Waals surface area contributed by atoms with Gasteiger partial charge in [0.1, 0.15) is 6.23 Å². The summed E-state index contributed by atoms with van der Waals surface area (Å²) in [4.78, 5) is 0. The molecule has 0 spiro atoms. The lowest BCUT2D eigenvalue weighted by Crippen LogP contribution is -2.23. The van der Waals surface area contributed by atoms with Crippen molar-refractivity contribution in [1.29, 1.82) is 0 Å². The minimum Gasteiger partial charge on any atom is -0.363 e. The lowest BCUT2D eigenvalue weighted by molar-refractivity contribution is 0.0604. The molecule has 0 heterocycles. The summed E-state index contributed by atoms with van der Waals surface area (Å²) in [5.41, 5.74) is 5.48. The topological polar surface area (TPSA) is 35.2 Å². The molecule has 1 unspecified atom stereocenters. The highest BCUT2D eigenvalue weighted by atomic mass is 16.5. The molecule has 0 rings (SSSR count). The van der Waals surface area contributed by atoms with E-state index in [1.807, 2.05) is 0 Å². The molecule has 0 fully saturated rings. The molecule has 0 amide bonds. The highest BCUT2D eigenvalue weighted by Gasteiger charge is 1.95. The molecular formula is C7H15NO. The minimum absolute atomic E-state index is 0.151. The van der Waals surface area contributed by atoms with Crippen LogP contribution in [-0.4, -0.2) is 12.8 Å². The Morgan fingerprint density at radius 1 is 1.78 bits per heavy atom. The van der Waals surface area contributed by atoms with Gasteiger partial charge in [-0.2, -0.15) is 0 Å². The standard InChI is InChI=1S/C7H15NO/c1-3-5-7(8)9-6-4-2/h3,7H,1,4-6,8H2,2H3. The van der Waals surface area contributed by atoms with Gasteiger partial charge in [-0.1, -0.05) is 13.0 Å². The Kier molecular flexibility index (Phi) is 5.57. The maximum absolute atomic E-state index is 5.48. The summed E-state index contributed by atoms with van der Waals surface area (Å²) in [5, 5.41) is 0. The van der Waals surface area contributed by atoms with Gasteiger partial charge in [0.25, 0.3) is 0 Å². The van der Waals surface area contributed by atoms with E-state index in [9.17, 15) is 0 Å². The molecule has 0 aromatic carbocycles. The molecule has 0 aromatic rings. The molecule has 2 heteroatoms. The van der Waals surface area contributed by atoms with E-state index >= 15 is 0 Å². The number of hydrogen-bond donors (Lipinski definition) is 1. The Bertz CT molecular complexity index is 73.3. The van der Waals surface area contributed by atoms with Crippen molar-refractivity contribution in [2.45, 2.75) is 26.0 Å². The van der Waals surface area contributed by atoms with Gasteiger partial charge in [-0.05, 0) is 6.42 Å². The fourth-order valence-corrected chi connectivity index (χ4v) is 0.502. The molecule has 1 atom stereocenters. The van der Waals surface area contributed by atoms with Crippen LogP contribution in [0.2, 0.25) is 0 Å². The molecule has 2 nitrogen and oxygen atoms in total. The predicted octanol–water partition coefficient (Wildman–Crippen LogP) is 1.27. The van der Waals surface area contributed by atoms with Crippen LogP contribution in [0.3, 0.4) is 0 Å². The third-order valence-corrected chi connectivity index (χ3v) is 0.935. The SMILES string of the molecule is C=CCC(N)OCCC. The normalized spacial score (nSPS) is 13.1. The maximum Gasteiger partial charge on any atom is 0.109 e. The van der Waals surface area contributed by atoms with Crippen LogP contribution < -0.4 is 5.73 Å². The van der Waals surface area contributed by atoms with Gasteiger partial charge in [-0.15, -0.1) is 6.58 Å². The van der Waals surface area contributed by atoms with Gasteiger partial charge in [-0.25, -0.2) is 0 Å². The second-order valence-electron chi connectivity index (χ2n) is 1.93. The first-order valence-electron chi connectivity index (χ1n) is 3.29. The van der Waals surface area contributed by atoms with Crippen LogP contribution in [0.1, 0.15) is 19.8 Å². The first-order valence-corrected chi connectivity index (χ1v) is 3.29. The summed E-state index contributed by atoms with van der Waals surface area (Å²) in [6.45, 7) is 6.35. The van der Waals surface area contributed by atoms with Crippen LogP contribution in [-0.2, 0) is 4.74 Å². The van der Waals surface area contributed by atoms with E-state index in [4.69, 9.17) is 10.5 Å². The largest absolute Gasteiger partial charge is 0.363 e. The molecule has 0 bridgehead atoms. The van der Waals surface area contributed by atoms with Crippen LogP contribution in [0.15, 0.2) is 12.7 Å². The van der Waals surface area contributed by atoms with Gasteiger partial charge in [0.05, 0.1) is 0 Å². The van der Waals surface area contributed by atoms with E-state index < -0.39 is 0 Å². The van der Waals surface area contributed by atoms with Gasteiger partial charge >= 0.3 is 0 Å². The molecular weight excluding hydrogens is 114 g/mol. The molecule has 0 aliphatic carbocycles. The Hall–Kier alpha value is -0.340. The molecule has 2 N–H and O–H groups in total. The summed E-state index contributed by atoms with van der Waals surface area (Å²) in [6.07, 6.45) is 3.37. The lowest BCUT2D eigenvalue weighted by Gasteiger charge is -2.08. The van der Waals surface area contributed by atoms with Crippen LogP contribution in [0.25, 0.3) is 0 Å². The molecule has 9 heavy (non-hydrogen) atoms. The number of hydrogen-bond acceptors (Lipinski definition) is 2. The average molecular weight is 129 g/mol. The van der Waals surface area contributed by atoms with E-state index in [1.54, 1.807) is 6.08 Å². The Balaban J connectivity index is 3.04. The van der Waals surface area contributed by atoms with E-state index in [1.165, 1.54) is 0 Å². The van der Waals surface area contributed by atoms with Crippen LogP contribution >= 0.6 is 0 Å². The summed E-state index contributed by atoms with van der Waals surface area (Å²) < 4.78 is 5.14. The first kappa shape index (κ1) is 8.66. The summed E-state index contributed by atoms with van der Waals surface area (Å²) in [6, 6.07) is 0. The predicted molar refractivity (Wildman–Crippen MR) is 39.0 cm³/mol. The molecule has 0 saturated heterocycles. The van der Waals surface area contributed by atoms with E-state index in [-0.39, 0.29) is 6.23 Å². The Labute approximate surface area is 56.7 Å². The van der Waals surface area contributed by atoms with Crippen molar-refractivity contribution >= 4 is 0 Å². The quantitative estimate of drug-likeness (QED) is 0.448. The second-order valence-corrected chi connectivity index (χ2v) is 1.93. The molecule has 0 aromatic heterocycles. The zero-order valence-electron chi connectivity index (χ0n) is 5.97. The van der Waals surface area contributed by atoms with Crippen LogP contribution in [0.5, 0.6) is 0 Å². The smallest absolute Gasteiger partial charge is 0.109 e. The first-order chi connectivity index (χ1) is 4.31. The Morgan fingerprint density at radius 2 is 2.44 bits per heavy atom. The molecule has 54 valence electrons. The summed E-state index contributed by atoms with van der Waals surface area (Å²) >= 11 is 0. The van der Waals surface area contributed by atoms with Gasteiger partial charge in [0.2, 0.25) is 0 Å². The molecule has 0 saturated carbocycles. The number of rotatable bonds is 5. The van der Waals surface area contributed by atoms with E-state index in [2.05, 4.69) is 13.5 Å². The minimum atomic E-state index is -0.151.